The largest absolute Gasteiger partial charge is 0.482 e. The first-order valence-corrected chi connectivity index (χ1v) is 7.43. The first kappa shape index (κ1) is 16.8. The lowest BCUT2D eigenvalue weighted by atomic mass is 10.1. The number of benzene rings is 2. The van der Waals surface area contributed by atoms with E-state index in [4.69, 9.17) is 16.3 Å². The van der Waals surface area contributed by atoms with Crippen LogP contribution in [0.25, 0.3) is 0 Å². The second-order valence-corrected chi connectivity index (χ2v) is 5.39. The molecule has 0 spiro atoms. The number of nitrogens with one attached hydrogen (secondary N) is 2. The smallest absolute Gasteiger partial charge is 0.276 e. The topological polar surface area (TPSA) is 67.4 Å². The van der Waals surface area contributed by atoms with E-state index >= 15 is 0 Å². The van der Waals surface area contributed by atoms with Gasteiger partial charge < -0.3 is 4.74 Å². The Morgan fingerprint density at radius 2 is 1.65 bits per heavy atom. The second-order valence-electron chi connectivity index (χ2n) is 4.98. The van der Waals surface area contributed by atoms with Crippen molar-refractivity contribution < 1.29 is 14.3 Å². The number of hydrogen-bond acceptors (Lipinski definition) is 3. The van der Waals surface area contributed by atoms with Gasteiger partial charge in [-0.15, -0.1) is 0 Å². The predicted octanol–water partition coefficient (Wildman–Crippen LogP) is 2.42. The predicted molar refractivity (Wildman–Crippen MR) is 88.1 cm³/mol. The van der Waals surface area contributed by atoms with Crippen molar-refractivity contribution in [2.45, 2.75) is 13.3 Å². The van der Waals surface area contributed by atoms with Gasteiger partial charge >= 0.3 is 0 Å². The van der Waals surface area contributed by atoms with Crippen molar-refractivity contribution in [3.05, 3.63) is 64.7 Å². The summed E-state index contributed by atoms with van der Waals surface area (Å²) in [6, 6.07) is 14.4. The van der Waals surface area contributed by atoms with Crippen molar-refractivity contribution in [3.8, 4) is 5.75 Å². The van der Waals surface area contributed by atoms with Gasteiger partial charge in [0, 0.05) is 0 Å². The van der Waals surface area contributed by atoms with Crippen LogP contribution < -0.4 is 15.6 Å². The van der Waals surface area contributed by atoms with Gasteiger partial charge in [0.1, 0.15) is 5.75 Å². The molecule has 120 valence electrons. The molecule has 5 nitrogen and oxygen atoms in total. The molecule has 0 radical (unpaired) electrons. The summed E-state index contributed by atoms with van der Waals surface area (Å²) in [6.45, 7) is 1.73. The zero-order valence-corrected chi connectivity index (χ0v) is 13.4. The Morgan fingerprint density at radius 1 is 1.00 bits per heavy atom. The average molecular weight is 333 g/mol. The van der Waals surface area contributed by atoms with E-state index in [2.05, 4.69) is 10.9 Å². The Kier molecular flexibility index (Phi) is 6.00. The molecule has 0 atom stereocenters. The molecule has 0 heterocycles. The third-order valence-electron chi connectivity index (χ3n) is 3.02. The number of halogens is 1. The lowest BCUT2D eigenvalue weighted by Crippen LogP contribution is -2.44. The molecule has 23 heavy (non-hydrogen) atoms. The Hall–Kier alpha value is -2.53. The van der Waals surface area contributed by atoms with E-state index in [1.54, 1.807) is 24.3 Å². The second kappa shape index (κ2) is 8.19. The van der Waals surface area contributed by atoms with Crippen LogP contribution in [-0.2, 0) is 16.0 Å². The number of rotatable bonds is 5. The van der Waals surface area contributed by atoms with Gasteiger partial charge in [-0.3, -0.25) is 20.4 Å². The molecule has 0 aliphatic heterocycles. The van der Waals surface area contributed by atoms with Crippen molar-refractivity contribution in [2.24, 2.45) is 0 Å². The molecular formula is C17H17ClN2O3. The molecule has 6 heteroatoms. The van der Waals surface area contributed by atoms with Crippen LogP contribution in [0, 0.1) is 6.92 Å². The summed E-state index contributed by atoms with van der Waals surface area (Å²) in [5.74, 6) is -0.363. The minimum absolute atomic E-state index is 0.186. The van der Waals surface area contributed by atoms with E-state index in [0.717, 1.165) is 11.1 Å². The van der Waals surface area contributed by atoms with E-state index in [9.17, 15) is 9.59 Å². The van der Waals surface area contributed by atoms with Gasteiger partial charge in [-0.2, -0.15) is 0 Å². The monoisotopic (exact) mass is 332 g/mol. The minimum atomic E-state index is -0.470. The van der Waals surface area contributed by atoms with Crippen LogP contribution in [0.15, 0.2) is 48.5 Å². The third kappa shape index (κ3) is 5.64. The van der Waals surface area contributed by atoms with Crippen molar-refractivity contribution >= 4 is 23.4 Å². The molecule has 2 amide bonds. The van der Waals surface area contributed by atoms with E-state index < -0.39 is 5.91 Å². The molecule has 0 aliphatic rings. The highest BCUT2D eigenvalue weighted by Crippen LogP contribution is 2.22. The van der Waals surface area contributed by atoms with Crippen LogP contribution in [0.1, 0.15) is 11.1 Å². The summed E-state index contributed by atoms with van der Waals surface area (Å²) in [4.78, 5) is 23.4. The Labute approximate surface area is 139 Å². The molecule has 0 saturated carbocycles. The fourth-order valence-electron chi connectivity index (χ4n) is 1.82. The molecule has 0 fully saturated rings. The number of hydrazine groups is 1. The molecule has 0 aromatic heterocycles. The van der Waals surface area contributed by atoms with Crippen molar-refractivity contribution in [1.82, 2.24) is 10.9 Å². The summed E-state index contributed by atoms with van der Waals surface area (Å²) in [5.41, 5.74) is 6.64. The fourth-order valence-corrected chi connectivity index (χ4v) is 2.01. The van der Waals surface area contributed by atoms with Gasteiger partial charge in [-0.25, -0.2) is 0 Å². The standard InChI is InChI=1S/C17H17ClN2O3/c1-12-6-8-13(9-7-12)10-16(21)19-20-17(22)11-23-15-5-3-2-4-14(15)18/h2-9H,10-11H2,1H3,(H,19,21)(H,20,22). The molecule has 0 bridgehead atoms. The maximum Gasteiger partial charge on any atom is 0.276 e. The minimum Gasteiger partial charge on any atom is -0.482 e. The molecule has 2 aromatic carbocycles. The highest BCUT2D eigenvalue weighted by Gasteiger charge is 2.07. The van der Waals surface area contributed by atoms with Crippen molar-refractivity contribution in [2.75, 3.05) is 6.61 Å². The van der Waals surface area contributed by atoms with E-state index in [1.165, 1.54) is 0 Å². The number of hydrogen-bond donors (Lipinski definition) is 2. The zero-order valence-electron chi connectivity index (χ0n) is 12.6. The van der Waals surface area contributed by atoms with Crippen LogP contribution in [0.5, 0.6) is 5.75 Å². The summed E-state index contributed by atoms with van der Waals surface area (Å²) in [7, 11) is 0. The summed E-state index contributed by atoms with van der Waals surface area (Å²) < 4.78 is 5.27. The van der Waals surface area contributed by atoms with Crippen LogP contribution >= 0.6 is 11.6 Å². The number of carbonyl (C=O) groups excluding carboxylic acids is 2. The van der Waals surface area contributed by atoms with Gasteiger partial charge in [0.2, 0.25) is 5.91 Å². The molecule has 2 aromatic rings. The summed E-state index contributed by atoms with van der Waals surface area (Å²) >= 11 is 5.91. The first-order chi connectivity index (χ1) is 11.0. The summed E-state index contributed by atoms with van der Waals surface area (Å²) in [6.07, 6.45) is 0.186. The Balaban J connectivity index is 1.72. The first-order valence-electron chi connectivity index (χ1n) is 7.05. The van der Waals surface area contributed by atoms with Gasteiger partial charge in [0.25, 0.3) is 5.91 Å². The fraction of sp³-hybridized carbons (Fsp3) is 0.176. The van der Waals surface area contributed by atoms with Gasteiger partial charge in [-0.05, 0) is 24.6 Å². The maximum absolute atomic E-state index is 11.7. The SMILES string of the molecule is Cc1ccc(CC(=O)NNC(=O)COc2ccccc2Cl)cc1. The van der Waals surface area contributed by atoms with E-state index in [1.807, 2.05) is 31.2 Å². The lowest BCUT2D eigenvalue weighted by Gasteiger charge is -2.09. The Morgan fingerprint density at radius 3 is 2.35 bits per heavy atom. The van der Waals surface area contributed by atoms with Crippen LogP contribution in [0.4, 0.5) is 0 Å². The molecule has 2 rings (SSSR count). The molecule has 0 unspecified atom stereocenters. The third-order valence-corrected chi connectivity index (χ3v) is 3.33. The van der Waals surface area contributed by atoms with Crippen molar-refractivity contribution in [3.63, 3.8) is 0 Å². The average Bonchev–Trinajstić information content (AvgIpc) is 2.54. The Bertz CT molecular complexity index is 686. The number of para-hydroxylation sites is 1. The van der Waals surface area contributed by atoms with Crippen LogP contribution in [0.3, 0.4) is 0 Å². The molecular weight excluding hydrogens is 316 g/mol. The van der Waals surface area contributed by atoms with Gasteiger partial charge in [0.15, 0.2) is 6.61 Å². The number of carbonyl (C=O) groups is 2. The van der Waals surface area contributed by atoms with Gasteiger partial charge in [0.05, 0.1) is 11.4 Å². The van der Waals surface area contributed by atoms with Crippen LogP contribution in [0.2, 0.25) is 5.02 Å². The van der Waals surface area contributed by atoms with Crippen LogP contribution in [-0.4, -0.2) is 18.4 Å². The maximum atomic E-state index is 11.7. The number of amides is 2. The molecule has 0 saturated heterocycles. The van der Waals surface area contributed by atoms with Crippen molar-refractivity contribution in [1.29, 1.82) is 0 Å². The number of ether oxygens (including phenoxy) is 1. The normalized spacial score (nSPS) is 10.0. The van der Waals surface area contributed by atoms with E-state index in [-0.39, 0.29) is 18.9 Å². The highest BCUT2D eigenvalue weighted by atomic mass is 35.5. The zero-order chi connectivity index (χ0) is 16.7. The molecule has 0 aliphatic carbocycles. The lowest BCUT2D eigenvalue weighted by molar-refractivity contribution is -0.129. The number of aryl methyl sites for hydroxylation is 1. The highest BCUT2D eigenvalue weighted by molar-refractivity contribution is 6.32. The quantitative estimate of drug-likeness (QED) is 0.826. The van der Waals surface area contributed by atoms with E-state index in [0.29, 0.717) is 10.8 Å². The van der Waals surface area contributed by atoms with Gasteiger partial charge in [-0.1, -0.05) is 53.6 Å². The molecule has 2 N–H and O–H groups in total. The summed E-state index contributed by atoms with van der Waals surface area (Å²) in [5, 5.41) is 0.420.